The zero-order valence-corrected chi connectivity index (χ0v) is 10.3. The first kappa shape index (κ1) is 12.1. The van der Waals surface area contributed by atoms with Crippen molar-refractivity contribution in [3.8, 4) is 0 Å². The summed E-state index contributed by atoms with van der Waals surface area (Å²) in [6.45, 7) is 5.07. The van der Waals surface area contributed by atoms with E-state index in [0.717, 1.165) is 30.5 Å². The summed E-state index contributed by atoms with van der Waals surface area (Å²) in [5, 5.41) is 4.20. The fraction of sp³-hybridized carbons (Fsp3) is 0.429. The number of hydrogen-bond acceptors (Lipinski definition) is 2. The Morgan fingerprint density at radius 1 is 1.35 bits per heavy atom. The van der Waals surface area contributed by atoms with Gasteiger partial charge in [-0.2, -0.15) is 0 Å². The van der Waals surface area contributed by atoms with Crippen molar-refractivity contribution in [1.29, 1.82) is 0 Å². The van der Waals surface area contributed by atoms with Crippen molar-refractivity contribution in [2.24, 2.45) is 0 Å². The molecule has 0 fully saturated rings. The topological polar surface area (TPSA) is 25.2 Å². The van der Waals surface area contributed by atoms with Crippen molar-refractivity contribution in [3.05, 3.63) is 35.8 Å². The Labute approximate surface area is 101 Å². The van der Waals surface area contributed by atoms with E-state index in [9.17, 15) is 4.39 Å². The summed E-state index contributed by atoms with van der Waals surface area (Å²) >= 11 is 0. The number of furan rings is 1. The third-order valence-electron chi connectivity index (χ3n) is 2.89. The van der Waals surface area contributed by atoms with E-state index in [4.69, 9.17) is 4.42 Å². The van der Waals surface area contributed by atoms with Gasteiger partial charge >= 0.3 is 0 Å². The maximum Gasteiger partial charge on any atom is 0.169 e. The predicted octanol–water partition coefficient (Wildman–Crippen LogP) is 4.02. The second kappa shape index (κ2) is 5.32. The molecule has 0 aliphatic rings. The van der Waals surface area contributed by atoms with Gasteiger partial charge in [-0.3, -0.25) is 0 Å². The van der Waals surface area contributed by atoms with Crippen LogP contribution >= 0.6 is 0 Å². The summed E-state index contributed by atoms with van der Waals surface area (Å²) in [6.07, 6.45) is 2.06. The van der Waals surface area contributed by atoms with Gasteiger partial charge in [0.25, 0.3) is 0 Å². The molecule has 2 rings (SSSR count). The van der Waals surface area contributed by atoms with E-state index in [2.05, 4.69) is 19.2 Å². The zero-order valence-electron chi connectivity index (χ0n) is 10.3. The summed E-state index contributed by atoms with van der Waals surface area (Å²) in [5.74, 6) is 0.536. The normalized spacial score (nSPS) is 13.1. The Hall–Kier alpha value is -1.35. The van der Waals surface area contributed by atoms with Crippen LogP contribution in [0, 0.1) is 5.82 Å². The van der Waals surface area contributed by atoms with Gasteiger partial charge in [0.05, 0.1) is 6.04 Å². The minimum atomic E-state index is -0.291. The first-order valence-corrected chi connectivity index (χ1v) is 6.17. The molecule has 1 heterocycles. The molecule has 92 valence electrons. The predicted molar refractivity (Wildman–Crippen MR) is 67.5 cm³/mol. The van der Waals surface area contributed by atoms with E-state index >= 15 is 0 Å². The summed E-state index contributed by atoms with van der Waals surface area (Å²) in [6, 6.07) is 7.12. The number of hydrogen-bond donors (Lipinski definition) is 1. The van der Waals surface area contributed by atoms with Gasteiger partial charge in [0, 0.05) is 5.39 Å². The average Bonchev–Trinajstić information content (AvgIpc) is 2.74. The molecule has 17 heavy (non-hydrogen) atoms. The van der Waals surface area contributed by atoms with E-state index in [1.54, 1.807) is 6.07 Å². The van der Waals surface area contributed by atoms with Crippen molar-refractivity contribution in [2.45, 2.75) is 32.7 Å². The summed E-state index contributed by atoms with van der Waals surface area (Å²) in [7, 11) is 0. The number of fused-ring (bicyclic) bond motifs is 1. The van der Waals surface area contributed by atoms with Crippen LogP contribution in [0.3, 0.4) is 0 Å². The molecule has 2 nitrogen and oxygen atoms in total. The molecule has 0 saturated heterocycles. The van der Waals surface area contributed by atoms with Gasteiger partial charge in [-0.25, -0.2) is 4.39 Å². The van der Waals surface area contributed by atoms with Crippen LogP contribution in [-0.2, 0) is 0 Å². The molecule has 0 aliphatic heterocycles. The zero-order chi connectivity index (χ0) is 12.3. The molecular formula is C14H18FNO. The molecule has 0 radical (unpaired) electrons. The van der Waals surface area contributed by atoms with Gasteiger partial charge in [0.15, 0.2) is 11.4 Å². The molecule has 1 aromatic heterocycles. The molecule has 0 bridgehead atoms. The van der Waals surface area contributed by atoms with Crippen LogP contribution in [0.4, 0.5) is 4.39 Å². The third kappa shape index (κ3) is 2.50. The second-order valence-electron chi connectivity index (χ2n) is 4.21. The highest BCUT2D eigenvalue weighted by atomic mass is 19.1. The Morgan fingerprint density at radius 2 is 2.18 bits per heavy atom. The van der Waals surface area contributed by atoms with Crippen LogP contribution in [0.15, 0.2) is 28.7 Å². The van der Waals surface area contributed by atoms with Crippen LogP contribution in [0.25, 0.3) is 11.0 Å². The fourth-order valence-electron chi connectivity index (χ4n) is 2.10. The Bertz CT molecular complexity index is 486. The van der Waals surface area contributed by atoms with Crippen LogP contribution in [-0.4, -0.2) is 6.54 Å². The van der Waals surface area contributed by atoms with Crippen LogP contribution in [0.1, 0.15) is 38.5 Å². The Balaban J connectivity index is 2.36. The van der Waals surface area contributed by atoms with Crippen molar-refractivity contribution in [2.75, 3.05) is 6.54 Å². The van der Waals surface area contributed by atoms with Crippen molar-refractivity contribution in [1.82, 2.24) is 5.32 Å². The minimum Gasteiger partial charge on any atom is -0.456 e. The molecule has 1 unspecified atom stereocenters. The standard InChI is InChI=1S/C14H18FNO/c1-3-6-12(16-4-2)13-9-10-7-5-8-11(15)14(10)17-13/h5,7-9,12,16H,3-4,6H2,1-2H3. The molecule has 3 heteroatoms. The highest BCUT2D eigenvalue weighted by Gasteiger charge is 2.15. The van der Waals surface area contributed by atoms with Gasteiger partial charge in [-0.1, -0.05) is 32.4 Å². The van der Waals surface area contributed by atoms with Crippen molar-refractivity contribution < 1.29 is 8.81 Å². The lowest BCUT2D eigenvalue weighted by Gasteiger charge is -2.13. The fourth-order valence-corrected chi connectivity index (χ4v) is 2.10. The Morgan fingerprint density at radius 3 is 2.82 bits per heavy atom. The largest absolute Gasteiger partial charge is 0.456 e. The molecule has 2 aromatic rings. The van der Waals surface area contributed by atoms with Crippen LogP contribution in [0.5, 0.6) is 0 Å². The summed E-state index contributed by atoms with van der Waals surface area (Å²) in [4.78, 5) is 0. The lowest BCUT2D eigenvalue weighted by atomic mass is 10.1. The minimum absolute atomic E-state index is 0.178. The smallest absolute Gasteiger partial charge is 0.169 e. The number of para-hydroxylation sites is 1. The highest BCUT2D eigenvalue weighted by molar-refractivity contribution is 5.78. The number of halogens is 1. The van der Waals surface area contributed by atoms with E-state index in [1.165, 1.54) is 6.07 Å². The summed E-state index contributed by atoms with van der Waals surface area (Å²) < 4.78 is 19.1. The van der Waals surface area contributed by atoms with Gasteiger partial charge in [-0.05, 0) is 25.1 Å². The van der Waals surface area contributed by atoms with Crippen molar-refractivity contribution >= 4 is 11.0 Å². The quantitative estimate of drug-likeness (QED) is 0.846. The van der Waals surface area contributed by atoms with Crippen LogP contribution < -0.4 is 5.32 Å². The van der Waals surface area contributed by atoms with E-state index in [1.807, 2.05) is 12.1 Å². The maximum absolute atomic E-state index is 13.5. The van der Waals surface area contributed by atoms with E-state index in [-0.39, 0.29) is 11.9 Å². The molecule has 1 N–H and O–H groups in total. The van der Waals surface area contributed by atoms with Gasteiger partial charge in [0.1, 0.15) is 5.76 Å². The number of rotatable bonds is 5. The van der Waals surface area contributed by atoms with Crippen LogP contribution in [0.2, 0.25) is 0 Å². The molecule has 1 aromatic carbocycles. The first-order valence-electron chi connectivity index (χ1n) is 6.17. The maximum atomic E-state index is 13.5. The molecule has 0 saturated carbocycles. The lowest BCUT2D eigenvalue weighted by Crippen LogP contribution is -2.20. The molecular weight excluding hydrogens is 217 g/mol. The molecule has 1 atom stereocenters. The third-order valence-corrected chi connectivity index (χ3v) is 2.89. The van der Waals surface area contributed by atoms with Gasteiger partial charge < -0.3 is 9.73 Å². The summed E-state index contributed by atoms with van der Waals surface area (Å²) in [5.41, 5.74) is 0.363. The molecule has 0 aliphatic carbocycles. The van der Waals surface area contributed by atoms with E-state index < -0.39 is 0 Å². The molecule has 0 spiro atoms. The average molecular weight is 235 g/mol. The SMILES string of the molecule is CCCC(NCC)c1cc2cccc(F)c2o1. The van der Waals surface area contributed by atoms with E-state index in [0.29, 0.717) is 5.58 Å². The number of nitrogens with one attached hydrogen (secondary N) is 1. The second-order valence-corrected chi connectivity index (χ2v) is 4.21. The number of benzene rings is 1. The monoisotopic (exact) mass is 235 g/mol. The van der Waals surface area contributed by atoms with Gasteiger partial charge in [-0.15, -0.1) is 0 Å². The lowest BCUT2D eigenvalue weighted by molar-refractivity contribution is 0.409. The molecule has 0 amide bonds. The Kier molecular flexibility index (Phi) is 3.79. The highest BCUT2D eigenvalue weighted by Crippen LogP contribution is 2.27. The van der Waals surface area contributed by atoms with Gasteiger partial charge in [0.2, 0.25) is 0 Å². The first-order chi connectivity index (χ1) is 8.26. The van der Waals surface area contributed by atoms with Crippen molar-refractivity contribution in [3.63, 3.8) is 0 Å².